The molecule has 0 heterocycles. The molecule has 0 unspecified atom stereocenters. The molecule has 4 rings (SSSR count). The fourth-order valence-electron chi connectivity index (χ4n) is 4.59. The SMILES string of the molecule is CCCCCCCc1ccc2c(c1)Cc1c-2cc(F)c(-c2cc(F)c(OC(F)(F)F)c(F)c2)c1F. The second-order valence-corrected chi connectivity index (χ2v) is 8.72. The summed E-state index contributed by atoms with van der Waals surface area (Å²) in [6, 6.07) is 7.67. The Balaban J connectivity index is 1.63. The maximum Gasteiger partial charge on any atom is 0.573 e. The van der Waals surface area contributed by atoms with Crippen LogP contribution < -0.4 is 4.74 Å². The highest BCUT2D eigenvalue weighted by Crippen LogP contribution is 2.43. The number of unbranched alkanes of at least 4 members (excludes halogenated alkanes) is 4. The Hall–Kier alpha value is -3.03. The molecule has 186 valence electrons. The summed E-state index contributed by atoms with van der Waals surface area (Å²) in [5.41, 5.74) is 1.87. The molecule has 0 saturated carbocycles. The van der Waals surface area contributed by atoms with E-state index >= 15 is 4.39 Å². The van der Waals surface area contributed by atoms with E-state index in [1.807, 2.05) is 18.2 Å². The lowest BCUT2D eigenvalue weighted by Crippen LogP contribution is -2.19. The van der Waals surface area contributed by atoms with Gasteiger partial charge in [0.2, 0.25) is 5.75 Å². The lowest BCUT2D eigenvalue weighted by molar-refractivity contribution is -0.276. The number of alkyl halides is 3. The predicted octanol–water partition coefficient (Wildman–Crippen LogP) is 8.89. The van der Waals surface area contributed by atoms with E-state index in [0.29, 0.717) is 23.3 Å². The molecular formula is C27H23F7O. The largest absolute Gasteiger partial charge is 0.573 e. The predicted molar refractivity (Wildman–Crippen MR) is 119 cm³/mol. The third-order valence-electron chi connectivity index (χ3n) is 6.22. The molecule has 0 atom stereocenters. The molecule has 0 bridgehead atoms. The fraction of sp³-hybridized carbons (Fsp3) is 0.333. The first-order valence-corrected chi connectivity index (χ1v) is 11.5. The van der Waals surface area contributed by atoms with Crippen LogP contribution in [0.1, 0.15) is 55.7 Å². The Kier molecular flexibility index (Phi) is 7.10. The van der Waals surface area contributed by atoms with Gasteiger partial charge in [-0.15, -0.1) is 13.2 Å². The van der Waals surface area contributed by atoms with Crippen molar-refractivity contribution in [2.75, 3.05) is 0 Å². The zero-order valence-corrected chi connectivity index (χ0v) is 19.0. The van der Waals surface area contributed by atoms with Gasteiger partial charge < -0.3 is 4.74 Å². The van der Waals surface area contributed by atoms with Crippen molar-refractivity contribution in [1.29, 1.82) is 0 Å². The number of aryl methyl sites for hydroxylation is 1. The Bertz CT molecular complexity index is 1220. The zero-order chi connectivity index (χ0) is 25.3. The second-order valence-electron chi connectivity index (χ2n) is 8.72. The number of ether oxygens (including phenoxy) is 1. The highest BCUT2D eigenvalue weighted by Gasteiger charge is 2.35. The number of hydrogen-bond donors (Lipinski definition) is 0. The van der Waals surface area contributed by atoms with Gasteiger partial charge in [0.05, 0.1) is 5.56 Å². The molecule has 0 N–H and O–H groups in total. The molecule has 3 aromatic rings. The third kappa shape index (κ3) is 5.31. The minimum Gasteiger partial charge on any atom is -0.399 e. The molecule has 0 saturated heterocycles. The minimum absolute atomic E-state index is 0.174. The van der Waals surface area contributed by atoms with Gasteiger partial charge in [-0.1, -0.05) is 50.8 Å². The van der Waals surface area contributed by atoms with Gasteiger partial charge in [0.1, 0.15) is 11.6 Å². The van der Waals surface area contributed by atoms with Crippen molar-refractivity contribution in [2.45, 2.75) is 58.2 Å². The Morgan fingerprint density at radius 1 is 0.800 bits per heavy atom. The van der Waals surface area contributed by atoms with Gasteiger partial charge in [0, 0.05) is 12.0 Å². The van der Waals surface area contributed by atoms with Crippen LogP contribution >= 0.6 is 0 Å². The molecule has 1 aliphatic carbocycles. The molecular weight excluding hydrogens is 473 g/mol. The quantitative estimate of drug-likeness (QED) is 0.175. The summed E-state index contributed by atoms with van der Waals surface area (Å²) < 4.78 is 99.3. The lowest BCUT2D eigenvalue weighted by atomic mass is 9.96. The van der Waals surface area contributed by atoms with Crippen LogP contribution in [0.3, 0.4) is 0 Å². The van der Waals surface area contributed by atoms with Crippen molar-refractivity contribution in [3.63, 3.8) is 0 Å². The normalized spacial score (nSPS) is 12.6. The van der Waals surface area contributed by atoms with Gasteiger partial charge in [-0.25, -0.2) is 17.6 Å². The molecule has 35 heavy (non-hydrogen) atoms. The summed E-state index contributed by atoms with van der Waals surface area (Å²) in [5, 5.41) is 0. The summed E-state index contributed by atoms with van der Waals surface area (Å²) in [6.07, 6.45) is 1.40. The Morgan fingerprint density at radius 2 is 1.49 bits per heavy atom. The maximum atomic E-state index is 15.4. The number of halogens is 7. The van der Waals surface area contributed by atoms with Crippen LogP contribution in [-0.4, -0.2) is 6.36 Å². The monoisotopic (exact) mass is 496 g/mol. The van der Waals surface area contributed by atoms with E-state index in [9.17, 15) is 26.3 Å². The van der Waals surface area contributed by atoms with Crippen molar-refractivity contribution < 1.29 is 35.5 Å². The van der Waals surface area contributed by atoms with E-state index in [1.54, 1.807) is 0 Å². The van der Waals surface area contributed by atoms with E-state index in [-0.39, 0.29) is 12.0 Å². The van der Waals surface area contributed by atoms with Crippen LogP contribution in [0.5, 0.6) is 5.75 Å². The topological polar surface area (TPSA) is 9.23 Å². The molecule has 1 aliphatic rings. The van der Waals surface area contributed by atoms with Crippen molar-refractivity contribution in [3.05, 3.63) is 76.4 Å². The summed E-state index contributed by atoms with van der Waals surface area (Å²) in [7, 11) is 0. The smallest absolute Gasteiger partial charge is 0.399 e. The average Bonchev–Trinajstić information content (AvgIpc) is 3.13. The fourth-order valence-corrected chi connectivity index (χ4v) is 4.59. The lowest BCUT2D eigenvalue weighted by Gasteiger charge is -2.14. The zero-order valence-electron chi connectivity index (χ0n) is 19.0. The molecule has 0 aliphatic heterocycles. The maximum absolute atomic E-state index is 15.4. The minimum atomic E-state index is -5.33. The summed E-state index contributed by atoms with van der Waals surface area (Å²) >= 11 is 0. The summed E-state index contributed by atoms with van der Waals surface area (Å²) in [6.45, 7) is 2.15. The summed E-state index contributed by atoms with van der Waals surface area (Å²) in [4.78, 5) is 0. The van der Waals surface area contributed by atoms with Crippen molar-refractivity contribution in [2.24, 2.45) is 0 Å². The van der Waals surface area contributed by atoms with E-state index in [0.717, 1.165) is 42.9 Å². The van der Waals surface area contributed by atoms with Gasteiger partial charge in [0.15, 0.2) is 11.6 Å². The van der Waals surface area contributed by atoms with Gasteiger partial charge in [0.25, 0.3) is 0 Å². The molecule has 0 spiro atoms. The van der Waals surface area contributed by atoms with Crippen LogP contribution in [0.4, 0.5) is 30.7 Å². The third-order valence-corrected chi connectivity index (χ3v) is 6.22. The Morgan fingerprint density at radius 3 is 2.14 bits per heavy atom. The second kappa shape index (κ2) is 9.91. The molecule has 3 aromatic carbocycles. The van der Waals surface area contributed by atoms with Crippen LogP contribution in [0.25, 0.3) is 22.3 Å². The molecule has 0 aromatic heterocycles. The molecule has 0 amide bonds. The van der Waals surface area contributed by atoms with Gasteiger partial charge in [-0.2, -0.15) is 0 Å². The van der Waals surface area contributed by atoms with Crippen LogP contribution in [0, 0.1) is 23.3 Å². The average molecular weight is 496 g/mol. The van der Waals surface area contributed by atoms with Gasteiger partial charge in [-0.3, -0.25) is 0 Å². The highest BCUT2D eigenvalue weighted by atomic mass is 19.4. The van der Waals surface area contributed by atoms with Crippen LogP contribution in [0.2, 0.25) is 0 Å². The van der Waals surface area contributed by atoms with Gasteiger partial charge in [-0.05, 0) is 58.9 Å². The van der Waals surface area contributed by atoms with Gasteiger partial charge >= 0.3 is 6.36 Å². The molecule has 1 nitrogen and oxygen atoms in total. The van der Waals surface area contributed by atoms with Crippen molar-refractivity contribution >= 4 is 0 Å². The van der Waals surface area contributed by atoms with E-state index in [2.05, 4.69) is 11.7 Å². The van der Waals surface area contributed by atoms with Crippen LogP contribution in [0.15, 0.2) is 36.4 Å². The molecule has 8 heteroatoms. The molecule has 0 radical (unpaired) electrons. The summed E-state index contributed by atoms with van der Waals surface area (Å²) in [5.74, 6) is -7.19. The Labute approximate surface area is 198 Å². The van der Waals surface area contributed by atoms with E-state index < -0.39 is 46.5 Å². The molecule has 0 fully saturated rings. The van der Waals surface area contributed by atoms with E-state index in [1.165, 1.54) is 12.8 Å². The van der Waals surface area contributed by atoms with Crippen LogP contribution in [-0.2, 0) is 12.8 Å². The number of benzene rings is 3. The van der Waals surface area contributed by atoms with E-state index in [4.69, 9.17) is 0 Å². The number of hydrogen-bond acceptors (Lipinski definition) is 1. The highest BCUT2D eigenvalue weighted by molar-refractivity contribution is 5.81. The first-order chi connectivity index (χ1) is 16.6. The number of fused-ring (bicyclic) bond motifs is 3. The van der Waals surface area contributed by atoms with Crippen molar-refractivity contribution in [3.8, 4) is 28.0 Å². The number of rotatable bonds is 8. The standard InChI is InChI=1S/C27H23F7O/c1-2-3-4-5-6-7-15-8-9-18-16(10-15)11-20-19(18)14-21(28)24(25(20)31)17-12-22(29)26(23(30)13-17)35-27(32,33)34/h8-10,12-14H,2-7,11H2,1H3. The first kappa shape index (κ1) is 25.1. The first-order valence-electron chi connectivity index (χ1n) is 11.5. The van der Waals surface area contributed by atoms with Crippen molar-refractivity contribution in [1.82, 2.24) is 0 Å².